The van der Waals surface area contributed by atoms with E-state index in [-0.39, 0.29) is 0 Å². The molecule has 0 aliphatic carbocycles. The Balaban J connectivity index is 1.42. The second-order valence-corrected chi connectivity index (χ2v) is 8.66. The van der Waals surface area contributed by atoms with Crippen LogP contribution in [0, 0.1) is 6.92 Å². The zero-order chi connectivity index (χ0) is 21.4. The minimum atomic E-state index is 0.645. The van der Waals surface area contributed by atoms with Crippen LogP contribution in [-0.2, 0) is 0 Å². The molecular formula is C26H31N3O2. The van der Waals surface area contributed by atoms with Crippen LogP contribution in [0.1, 0.15) is 29.9 Å². The summed E-state index contributed by atoms with van der Waals surface area (Å²) in [5.74, 6) is 2.36. The monoisotopic (exact) mass is 417 g/mol. The average Bonchev–Trinajstić information content (AvgIpc) is 3.38. The standard InChI is InChI=1S/C26H31N3O2/c1-17-22-15-19(18-8-11-29(12-9-18)13-10-27-2)4-6-23(22)28-26(17)25-16-20-14-21(30-3)5-7-24(20)31-25/h4-7,14-16,18,27-28H,8-13H2,1-3H3. The molecule has 31 heavy (non-hydrogen) atoms. The van der Waals surface area contributed by atoms with E-state index in [1.807, 2.05) is 25.2 Å². The molecule has 0 bridgehead atoms. The van der Waals surface area contributed by atoms with Gasteiger partial charge in [0.1, 0.15) is 11.3 Å². The number of piperidine rings is 1. The van der Waals surface area contributed by atoms with Gasteiger partial charge in [-0.15, -0.1) is 0 Å². The highest BCUT2D eigenvalue weighted by molar-refractivity contribution is 5.92. The van der Waals surface area contributed by atoms with Gasteiger partial charge in [0.2, 0.25) is 0 Å². The minimum absolute atomic E-state index is 0.645. The molecule has 2 aromatic carbocycles. The molecule has 0 atom stereocenters. The highest BCUT2D eigenvalue weighted by Crippen LogP contribution is 2.36. The molecule has 1 saturated heterocycles. The number of aromatic amines is 1. The maximum absolute atomic E-state index is 6.16. The van der Waals surface area contributed by atoms with Crippen LogP contribution in [0.5, 0.6) is 5.75 Å². The lowest BCUT2D eigenvalue weighted by Crippen LogP contribution is -2.37. The zero-order valence-corrected chi connectivity index (χ0v) is 18.6. The van der Waals surface area contributed by atoms with Crippen molar-refractivity contribution in [3.63, 3.8) is 0 Å². The Morgan fingerprint density at radius 2 is 1.97 bits per heavy atom. The minimum Gasteiger partial charge on any atom is -0.497 e. The number of hydrogen-bond acceptors (Lipinski definition) is 4. The Hall–Kier alpha value is -2.76. The first-order valence-electron chi connectivity index (χ1n) is 11.2. The van der Waals surface area contributed by atoms with Gasteiger partial charge >= 0.3 is 0 Å². The van der Waals surface area contributed by atoms with Crippen molar-refractivity contribution in [2.75, 3.05) is 40.3 Å². The SMILES string of the molecule is CNCCN1CCC(c2ccc3[nH]c(-c4cc5cc(OC)ccc5o4)c(C)c3c2)CC1. The van der Waals surface area contributed by atoms with Crippen LogP contribution >= 0.6 is 0 Å². The number of aromatic nitrogens is 1. The molecule has 4 aromatic rings. The number of likely N-dealkylation sites (tertiary alicyclic amines) is 1. The molecule has 0 saturated carbocycles. The summed E-state index contributed by atoms with van der Waals surface area (Å²) < 4.78 is 11.5. The molecule has 1 fully saturated rings. The molecule has 1 aliphatic heterocycles. The van der Waals surface area contributed by atoms with Crippen molar-refractivity contribution >= 4 is 21.9 Å². The third-order valence-electron chi connectivity index (χ3n) is 6.79. The summed E-state index contributed by atoms with van der Waals surface area (Å²) in [5, 5.41) is 5.60. The van der Waals surface area contributed by atoms with Gasteiger partial charge < -0.3 is 24.4 Å². The second-order valence-electron chi connectivity index (χ2n) is 8.66. The quantitative estimate of drug-likeness (QED) is 0.447. The van der Waals surface area contributed by atoms with Crippen molar-refractivity contribution in [1.82, 2.24) is 15.2 Å². The van der Waals surface area contributed by atoms with Gasteiger partial charge in [0, 0.05) is 29.4 Å². The molecule has 2 aromatic heterocycles. The summed E-state index contributed by atoms with van der Waals surface area (Å²) >= 11 is 0. The van der Waals surface area contributed by atoms with Gasteiger partial charge in [0.25, 0.3) is 0 Å². The number of nitrogens with zero attached hydrogens (tertiary/aromatic N) is 1. The van der Waals surface area contributed by atoms with Crippen molar-refractivity contribution < 1.29 is 9.15 Å². The summed E-state index contributed by atoms with van der Waals surface area (Å²) in [5.41, 5.74) is 5.81. The number of fused-ring (bicyclic) bond motifs is 2. The molecular weight excluding hydrogens is 386 g/mol. The third-order valence-corrected chi connectivity index (χ3v) is 6.79. The van der Waals surface area contributed by atoms with Crippen LogP contribution in [-0.4, -0.2) is 50.2 Å². The summed E-state index contributed by atoms with van der Waals surface area (Å²) in [6, 6.07) is 14.9. The normalized spacial score (nSPS) is 15.8. The van der Waals surface area contributed by atoms with Gasteiger partial charge in [0.05, 0.1) is 12.8 Å². The lowest BCUT2D eigenvalue weighted by atomic mass is 9.88. The van der Waals surface area contributed by atoms with Crippen molar-refractivity contribution in [3.05, 3.63) is 53.6 Å². The number of nitrogens with one attached hydrogen (secondary N) is 2. The predicted molar refractivity (Wildman–Crippen MR) is 127 cm³/mol. The van der Waals surface area contributed by atoms with E-state index in [2.05, 4.69) is 46.4 Å². The number of rotatable bonds is 6. The first-order valence-corrected chi connectivity index (χ1v) is 11.2. The van der Waals surface area contributed by atoms with Gasteiger partial charge in [-0.3, -0.25) is 0 Å². The fraction of sp³-hybridized carbons (Fsp3) is 0.385. The van der Waals surface area contributed by atoms with Gasteiger partial charge in [-0.05, 0) is 93.3 Å². The van der Waals surface area contributed by atoms with Crippen LogP contribution in [0.4, 0.5) is 0 Å². The summed E-state index contributed by atoms with van der Waals surface area (Å²) in [7, 11) is 3.71. The number of benzene rings is 2. The van der Waals surface area contributed by atoms with Gasteiger partial charge in [-0.1, -0.05) is 6.07 Å². The topological polar surface area (TPSA) is 53.4 Å². The summed E-state index contributed by atoms with van der Waals surface area (Å²) in [4.78, 5) is 6.16. The summed E-state index contributed by atoms with van der Waals surface area (Å²) in [6.07, 6.45) is 2.47. The fourth-order valence-corrected chi connectivity index (χ4v) is 4.88. The van der Waals surface area contributed by atoms with Crippen LogP contribution in [0.15, 0.2) is 46.9 Å². The van der Waals surface area contributed by atoms with E-state index in [1.54, 1.807) is 7.11 Å². The Morgan fingerprint density at radius 1 is 1.13 bits per heavy atom. The number of likely N-dealkylation sites (N-methyl/N-ethyl adjacent to an activating group) is 1. The summed E-state index contributed by atoms with van der Waals surface area (Å²) in [6.45, 7) is 6.77. The lowest BCUT2D eigenvalue weighted by molar-refractivity contribution is 0.214. The molecule has 0 amide bonds. The largest absolute Gasteiger partial charge is 0.497 e. The molecule has 5 heteroatoms. The molecule has 2 N–H and O–H groups in total. The van der Waals surface area contributed by atoms with Crippen LogP contribution in [0.2, 0.25) is 0 Å². The molecule has 5 rings (SSSR count). The van der Waals surface area contributed by atoms with E-state index in [9.17, 15) is 0 Å². The molecule has 162 valence electrons. The van der Waals surface area contributed by atoms with Crippen LogP contribution < -0.4 is 10.1 Å². The lowest BCUT2D eigenvalue weighted by Gasteiger charge is -2.32. The average molecular weight is 418 g/mol. The maximum Gasteiger partial charge on any atom is 0.151 e. The van der Waals surface area contributed by atoms with Gasteiger partial charge in [-0.2, -0.15) is 0 Å². The second kappa shape index (κ2) is 8.40. The van der Waals surface area contributed by atoms with Crippen molar-refractivity contribution in [2.24, 2.45) is 0 Å². The molecule has 0 unspecified atom stereocenters. The molecule has 0 spiro atoms. The van der Waals surface area contributed by atoms with Crippen molar-refractivity contribution in [2.45, 2.75) is 25.7 Å². The van der Waals surface area contributed by atoms with Gasteiger partial charge in [0.15, 0.2) is 5.76 Å². The van der Waals surface area contributed by atoms with E-state index in [1.165, 1.54) is 48.0 Å². The van der Waals surface area contributed by atoms with E-state index in [0.29, 0.717) is 5.92 Å². The fourth-order valence-electron chi connectivity index (χ4n) is 4.88. The van der Waals surface area contributed by atoms with Crippen LogP contribution in [0.25, 0.3) is 33.3 Å². The molecule has 0 radical (unpaired) electrons. The van der Waals surface area contributed by atoms with Crippen LogP contribution in [0.3, 0.4) is 0 Å². The Morgan fingerprint density at radius 3 is 2.74 bits per heavy atom. The first kappa shape index (κ1) is 20.2. The molecule has 5 nitrogen and oxygen atoms in total. The number of hydrogen-bond donors (Lipinski definition) is 2. The van der Waals surface area contributed by atoms with E-state index in [0.717, 1.165) is 41.3 Å². The van der Waals surface area contributed by atoms with Gasteiger partial charge in [-0.25, -0.2) is 0 Å². The first-order chi connectivity index (χ1) is 15.2. The molecule has 3 heterocycles. The van der Waals surface area contributed by atoms with E-state index in [4.69, 9.17) is 9.15 Å². The molecule has 1 aliphatic rings. The number of aryl methyl sites for hydroxylation is 1. The number of ether oxygens (including phenoxy) is 1. The Bertz CT molecular complexity index is 1200. The smallest absolute Gasteiger partial charge is 0.151 e. The Kier molecular flexibility index (Phi) is 5.47. The van der Waals surface area contributed by atoms with E-state index < -0.39 is 0 Å². The van der Waals surface area contributed by atoms with Crippen molar-refractivity contribution in [3.8, 4) is 17.2 Å². The maximum atomic E-state index is 6.16. The number of furan rings is 1. The zero-order valence-electron chi connectivity index (χ0n) is 18.6. The predicted octanol–water partition coefficient (Wildman–Crippen LogP) is 5.30. The number of methoxy groups -OCH3 is 1. The highest BCUT2D eigenvalue weighted by Gasteiger charge is 2.21. The van der Waals surface area contributed by atoms with E-state index >= 15 is 0 Å². The number of H-pyrrole nitrogens is 1. The highest BCUT2D eigenvalue weighted by atomic mass is 16.5. The van der Waals surface area contributed by atoms with Crippen molar-refractivity contribution in [1.29, 1.82) is 0 Å². The third kappa shape index (κ3) is 3.84. The Labute approximate surface area is 183 Å².